The van der Waals surface area contributed by atoms with Gasteiger partial charge < -0.3 is 44.1 Å². The summed E-state index contributed by atoms with van der Waals surface area (Å²) >= 11 is 0. The number of para-hydroxylation sites is 1. The fraction of sp³-hybridized carbons (Fsp3) is 0.690. The van der Waals surface area contributed by atoms with Gasteiger partial charge in [0.25, 0.3) is 0 Å². The van der Waals surface area contributed by atoms with E-state index in [1.807, 2.05) is 6.07 Å². The predicted octanol–water partition coefficient (Wildman–Crippen LogP) is 3.86. The second-order valence-corrected chi connectivity index (χ2v) is 18.9. The number of rotatable bonds is 2. The highest BCUT2D eigenvalue weighted by Gasteiger charge is 2.86. The van der Waals surface area contributed by atoms with Crippen LogP contribution in [0.3, 0.4) is 0 Å². The van der Waals surface area contributed by atoms with E-state index in [4.69, 9.17) is 18.9 Å². The van der Waals surface area contributed by atoms with Crippen molar-refractivity contribution in [1.29, 1.82) is 0 Å². The van der Waals surface area contributed by atoms with Gasteiger partial charge in [0.15, 0.2) is 5.72 Å². The van der Waals surface area contributed by atoms with Gasteiger partial charge in [-0.2, -0.15) is 0 Å². The highest BCUT2D eigenvalue weighted by molar-refractivity contribution is 5.91. The molecule has 53 heavy (non-hydrogen) atoms. The molecule has 0 radical (unpaired) electrons. The molecule has 12 rings (SSSR count). The molecule has 282 valence electrons. The normalized spacial score (nSPS) is 51.4. The second-order valence-electron chi connectivity index (χ2n) is 18.9. The monoisotopic (exact) mass is 724 g/mol. The molecule has 2 N–H and O–H groups in total. The van der Waals surface area contributed by atoms with Crippen molar-refractivity contribution in [3.05, 3.63) is 64.2 Å². The number of piperidine rings is 3. The molecule has 8 saturated heterocycles. The van der Waals surface area contributed by atoms with E-state index in [-0.39, 0.29) is 62.5 Å². The summed E-state index contributed by atoms with van der Waals surface area (Å²) in [4.78, 5) is 19.0. The molecule has 11 nitrogen and oxygen atoms in total. The van der Waals surface area contributed by atoms with Gasteiger partial charge in [0.1, 0.15) is 17.2 Å². The molecule has 1 saturated carbocycles. The molecule has 1 aromatic rings. The predicted molar refractivity (Wildman–Crippen MR) is 194 cm³/mol. The molecule has 0 amide bonds. The molecule has 9 fully saturated rings. The van der Waals surface area contributed by atoms with Gasteiger partial charge in [-0.3, -0.25) is 4.90 Å². The summed E-state index contributed by atoms with van der Waals surface area (Å²) < 4.78 is 25.3. The Balaban J connectivity index is 1.08. The number of hydrogen-bond acceptors (Lipinski definition) is 10. The average Bonchev–Trinajstić information content (AvgIpc) is 3.99. The van der Waals surface area contributed by atoms with Gasteiger partial charge >= 0.3 is 5.97 Å². The van der Waals surface area contributed by atoms with Crippen LogP contribution in [0.5, 0.6) is 5.75 Å². The number of esters is 1. The number of carbonyl (C=O) groups is 1. The van der Waals surface area contributed by atoms with Crippen molar-refractivity contribution in [3.8, 4) is 5.75 Å². The lowest BCUT2D eigenvalue weighted by atomic mass is 9.43. The minimum absolute atomic E-state index is 0.0307. The smallest absolute Gasteiger partial charge is 0.335 e. The van der Waals surface area contributed by atoms with Gasteiger partial charge in [0.2, 0.25) is 0 Å². The number of benzene rings is 1. The number of hydroxylamine groups is 3. The van der Waals surface area contributed by atoms with Crippen LogP contribution in [0.4, 0.5) is 5.69 Å². The van der Waals surface area contributed by atoms with Crippen molar-refractivity contribution in [2.45, 2.75) is 93.7 Å². The summed E-state index contributed by atoms with van der Waals surface area (Å²) in [6.45, 7) is 11.3. The fourth-order valence-corrected chi connectivity index (χ4v) is 16.9. The maximum atomic E-state index is 15.2. The van der Waals surface area contributed by atoms with E-state index in [0.29, 0.717) is 45.7 Å². The number of hydrogen-bond donors (Lipinski definition) is 2. The topological polar surface area (TPSA) is 116 Å². The van der Waals surface area contributed by atoms with Gasteiger partial charge in [0.05, 0.1) is 61.6 Å². The highest BCUT2D eigenvalue weighted by atomic mass is 16.6. The lowest BCUT2D eigenvalue weighted by molar-refractivity contribution is -0.912. The number of nitrogens with zero attached hydrogens (tertiary/aromatic N) is 3. The molecule has 1 aromatic carbocycles. The number of anilines is 1. The molecule has 9 heterocycles. The summed E-state index contributed by atoms with van der Waals surface area (Å²) in [7, 11) is 3.22. The summed E-state index contributed by atoms with van der Waals surface area (Å²) in [6.07, 6.45) is 8.31. The Morgan fingerprint density at radius 3 is 2.75 bits per heavy atom. The van der Waals surface area contributed by atoms with Gasteiger partial charge in [-0.25, -0.2) is 4.79 Å². The molecule has 12 atom stereocenters. The van der Waals surface area contributed by atoms with E-state index in [2.05, 4.69) is 46.8 Å². The summed E-state index contributed by atoms with van der Waals surface area (Å²) in [5.74, 6) is 0.383. The number of fused-ring (bicyclic) bond motifs is 3. The van der Waals surface area contributed by atoms with Gasteiger partial charge in [-0.1, -0.05) is 24.8 Å². The molecule has 11 heteroatoms. The molecule has 0 aromatic heterocycles. The Morgan fingerprint density at radius 2 is 1.94 bits per heavy atom. The summed E-state index contributed by atoms with van der Waals surface area (Å²) in [5.41, 5.74) is 2.52. The van der Waals surface area contributed by atoms with Crippen molar-refractivity contribution >= 4 is 11.7 Å². The first-order chi connectivity index (χ1) is 25.5. The quantitative estimate of drug-likeness (QED) is 0.265. The lowest BCUT2D eigenvalue weighted by Crippen LogP contribution is -2.82. The third-order valence-corrected chi connectivity index (χ3v) is 17.7. The minimum Gasteiger partial charge on any atom is -0.633 e. The maximum Gasteiger partial charge on any atom is 0.335 e. The highest BCUT2D eigenvalue weighted by Crippen LogP contribution is 2.78. The Bertz CT molecular complexity index is 1980. The number of quaternary nitrogens is 1. The van der Waals surface area contributed by atoms with Crippen LogP contribution in [0.1, 0.15) is 63.9 Å². The largest absolute Gasteiger partial charge is 0.633 e. The minimum atomic E-state index is -1.24. The van der Waals surface area contributed by atoms with Crippen molar-refractivity contribution in [3.63, 3.8) is 0 Å². The third-order valence-electron chi connectivity index (χ3n) is 17.7. The zero-order valence-electron chi connectivity index (χ0n) is 31.2. The molecule has 9 aliphatic heterocycles. The number of methoxy groups -OCH3 is 2. The van der Waals surface area contributed by atoms with E-state index >= 15 is 5.21 Å². The van der Waals surface area contributed by atoms with E-state index in [9.17, 15) is 9.90 Å². The Kier molecular flexibility index (Phi) is 5.92. The zero-order valence-corrected chi connectivity index (χ0v) is 31.2. The zero-order chi connectivity index (χ0) is 36.1. The van der Waals surface area contributed by atoms with Crippen LogP contribution in [-0.2, 0) is 24.4 Å². The van der Waals surface area contributed by atoms with Crippen molar-refractivity contribution in [1.82, 2.24) is 10.2 Å². The van der Waals surface area contributed by atoms with Gasteiger partial charge in [-0.15, -0.1) is 0 Å². The van der Waals surface area contributed by atoms with E-state index in [1.165, 1.54) is 12.7 Å². The van der Waals surface area contributed by atoms with E-state index in [0.717, 1.165) is 85.6 Å². The summed E-state index contributed by atoms with van der Waals surface area (Å²) in [5, 5.41) is 32.8. The number of ether oxygens (including phenoxy) is 4. The molecule has 5 spiro atoms. The van der Waals surface area contributed by atoms with Crippen molar-refractivity contribution < 1.29 is 33.5 Å². The van der Waals surface area contributed by atoms with Crippen LogP contribution >= 0.6 is 0 Å². The summed E-state index contributed by atoms with van der Waals surface area (Å²) in [6, 6.07) is 6.18. The second kappa shape index (κ2) is 9.71. The lowest BCUT2D eigenvalue weighted by Gasteiger charge is -2.71. The van der Waals surface area contributed by atoms with Crippen molar-refractivity contribution in [2.24, 2.45) is 27.6 Å². The van der Waals surface area contributed by atoms with Crippen LogP contribution in [0.15, 0.2) is 53.4 Å². The number of nitrogens with one attached hydrogen (secondary N) is 1. The van der Waals surface area contributed by atoms with Crippen molar-refractivity contribution in [2.75, 3.05) is 65.1 Å². The molecule has 11 aliphatic rings. The number of aliphatic hydroxyl groups is 1. The number of allylic oxidation sites excluding steroid dienone is 2. The SMILES string of the molecule is C=C1NC2=C(C(=O)OC)C[C@]34CCO[C@H]3[C@@]3(C[C@@H]5C[C@]67CCO[C@H]6CC[N+]6([O-])CC[C@@]8(c9cccc(OC)c9N(C3)[C@@]58O)[C@H]76)CN3CC[C@@]2(/C1=C/C)[C@@H]34. The molecule has 0 bridgehead atoms. The van der Waals surface area contributed by atoms with Crippen LogP contribution < -0.4 is 15.0 Å². The third kappa shape index (κ3) is 3.14. The Hall–Kier alpha value is -2.93. The molecule has 1 unspecified atom stereocenters. The van der Waals surface area contributed by atoms with E-state index in [1.54, 1.807) is 7.11 Å². The standard InChI is InChI=1S/C42H52N4O7/c1-5-27-24(2)43-32-26(33(47)51-4)21-39-13-18-53-36(39)37(22-44-14-10-40(27,32)34(39)44)19-25-20-38-12-17-52-30(38)9-15-46(49)16-11-41(35(38)46)28-7-6-8-29(50-3)31(28)45(23-37)42(25,41)48/h5-8,25,30,34-36,43,48H,2,9-23H2,1,3-4H3/b27-5+/t25-,30+,34+,35+,36+,37+,38-,39+,40+,41-,42-,46?/m1/s1. The first-order valence-corrected chi connectivity index (χ1v) is 20.2. The van der Waals surface area contributed by atoms with Crippen LogP contribution in [0, 0.1) is 32.8 Å². The molecular weight excluding hydrogens is 672 g/mol. The fourth-order valence-electron chi connectivity index (χ4n) is 16.9. The van der Waals surface area contributed by atoms with Crippen LogP contribution in [0.2, 0.25) is 0 Å². The van der Waals surface area contributed by atoms with Gasteiger partial charge in [0, 0.05) is 73.3 Å². The molecular formula is C42H52N4O7. The maximum absolute atomic E-state index is 15.2. The van der Waals surface area contributed by atoms with Gasteiger partial charge in [-0.05, 0) is 69.2 Å². The Labute approximate surface area is 311 Å². The van der Waals surface area contributed by atoms with E-state index < -0.39 is 11.1 Å². The van der Waals surface area contributed by atoms with Crippen LogP contribution in [0.25, 0.3) is 0 Å². The first kappa shape index (κ1) is 32.3. The van der Waals surface area contributed by atoms with Crippen LogP contribution in [-0.4, -0.2) is 111 Å². The number of carbonyl (C=O) groups excluding carboxylic acids is 1. The Morgan fingerprint density at radius 1 is 1.11 bits per heavy atom. The first-order valence-electron chi connectivity index (χ1n) is 20.2. The average molecular weight is 725 g/mol. The molecule has 2 aliphatic carbocycles.